The number of aryl methyl sites for hydroxylation is 1. The van der Waals surface area contributed by atoms with Gasteiger partial charge in [-0.05, 0) is 68.7 Å². The van der Waals surface area contributed by atoms with Crippen molar-refractivity contribution in [3.05, 3.63) is 52.8 Å². The SMILES string of the molecule is O=C1NC(=NC2CCCCC2)C2(CCN(Cc3cc4c([nH]3)C=CCC4)CC2)N1C1=CCCC(F)=C1. The minimum absolute atomic E-state index is 0.148. The monoisotopic (exact) mass is 477 g/mol. The number of rotatable bonds is 4. The Bertz CT molecular complexity index is 1100. The Balaban J connectivity index is 1.25. The van der Waals surface area contributed by atoms with Gasteiger partial charge < -0.3 is 4.98 Å². The van der Waals surface area contributed by atoms with Gasteiger partial charge in [0.25, 0.3) is 0 Å². The van der Waals surface area contributed by atoms with E-state index in [1.54, 1.807) is 6.08 Å². The number of allylic oxidation sites excluding steroid dienone is 4. The van der Waals surface area contributed by atoms with E-state index in [1.165, 1.54) is 36.2 Å². The molecule has 1 saturated carbocycles. The molecule has 5 aliphatic rings. The molecular weight excluding hydrogens is 441 g/mol. The smallest absolute Gasteiger partial charge is 0.328 e. The summed E-state index contributed by atoms with van der Waals surface area (Å²) in [6.07, 6.45) is 18.7. The fraction of sp³-hybridized carbons (Fsp3) is 0.571. The van der Waals surface area contributed by atoms with E-state index in [2.05, 4.69) is 33.4 Å². The molecule has 35 heavy (non-hydrogen) atoms. The number of hydrogen-bond acceptors (Lipinski definition) is 3. The molecule has 2 N–H and O–H groups in total. The molecule has 3 aliphatic carbocycles. The summed E-state index contributed by atoms with van der Waals surface area (Å²) in [6, 6.07) is 2.43. The van der Waals surface area contributed by atoms with E-state index in [1.807, 2.05) is 11.0 Å². The number of aromatic amines is 1. The molecule has 6 rings (SSSR count). The van der Waals surface area contributed by atoms with Crippen LogP contribution in [0.25, 0.3) is 6.08 Å². The van der Waals surface area contributed by atoms with Gasteiger partial charge in [0, 0.05) is 43.1 Å². The molecule has 0 aromatic carbocycles. The highest BCUT2D eigenvalue weighted by atomic mass is 19.1. The highest BCUT2D eigenvalue weighted by Crippen LogP contribution is 2.40. The third-order valence-electron chi connectivity index (χ3n) is 8.41. The van der Waals surface area contributed by atoms with E-state index >= 15 is 0 Å². The molecule has 0 radical (unpaired) electrons. The topological polar surface area (TPSA) is 63.7 Å². The number of aliphatic imine (C=N–C) groups is 1. The lowest BCUT2D eigenvalue weighted by molar-refractivity contribution is 0.118. The molecular formula is C28H36FN5O. The zero-order chi connectivity index (χ0) is 23.8. The number of carbonyl (C=O) groups is 1. The number of hydrogen-bond donors (Lipinski definition) is 2. The molecule has 3 heterocycles. The minimum Gasteiger partial charge on any atom is -0.358 e. The number of likely N-dealkylation sites (tertiary alicyclic amines) is 1. The summed E-state index contributed by atoms with van der Waals surface area (Å²) in [5, 5.41) is 3.13. The van der Waals surface area contributed by atoms with Gasteiger partial charge in [-0.15, -0.1) is 0 Å². The lowest BCUT2D eigenvalue weighted by atomic mass is 9.84. The number of carbonyl (C=O) groups excluding carboxylic acids is 1. The zero-order valence-electron chi connectivity index (χ0n) is 20.5. The van der Waals surface area contributed by atoms with Crippen LogP contribution in [0.2, 0.25) is 0 Å². The molecule has 7 heteroatoms. The zero-order valence-corrected chi connectivity index (χ0v) is 20.5. The van der Waals surface area contributed by atoms with E-state index < -0.39 is 5.54 Å². The van der Waals surface area contributed by atoms with Crippen LogP contribution in [0.3, 0.4) is 0 Å². The van der Waals surface area contributed by atoms with Crippen molar-refractivity contribution < 1.29 is 9.18 Å². The number of H-pyrrole nitrogens is 1. The fourth-order valence-electron chi connectivity index (χ4n) is 6.53. The van der Waals surface area contributed by atoms with Crippen LogP contribution in [0, 0.1) is 0 Å². The van der Waals surface area contributed by atoms with E-state index in [0.717, 1.165) is 64.0 Å². The van der Waals surface area contributed by atoms with E-state index in [-0.39, 0.29) is 17.9 Å². The Morgan fingerprint density at radius 1 is 1.11 bits per heavy atom. The summed E-state index contributed by atoms with van der Waals surface area (Å²) in [5.41, 5.74) is 4.09. The number of fused-ring (bicyclic) bond motifs is 1. The molecule has 0 bridgehead atoms. The van der Waals surface area contributed by atoms with Gasteiger partial charge in [-0.2, -0.15) is 0 Å². The lowest BCUT2D eigenvalue weighted by Gasteiger charge is -2.44. The molecule has 0 atom stereocenters. The number of halogens is 1. The molecule has 2 saturated heterocycles. The van der Waals surface area contributed by atoms with E-state index in [0.29, 0.717) is 18.5 Å². The van der Waals surface area contributed by atoms with E-state index in [4.69, 9.17) is 4.99 Å². The Hall–Kier alpha value is -2.67. The van der Waals surface area contributed by atoms with Crippen LogP contribution < -0.4 is 5.32 Å². The maximum absolute atomic E-state index is 14.3. The third kappa shape index (κ3) is 4.39. The van der Waals surface area contributed by atoms with Crippen LogP contribution in [0.5, 0.6) is 0 Å². The molecule has 1 aromatic rings. The van der Waals surface area contributed by atoms with Gasteiger partial charge >= 0.3 is 6.03 Å². The maximum Gasteiger partial charge on any atom is 0.328 e. The normalized spacial score (nSPS) is 26.1. The second-order valence-corrected chi connectivity index (χ2v) is 10.8. The first kappa shape index (κ1) is 22.8. The highest BCUT2D eigenvalue weighted by molar-refractivity contribution is 6.11. The van der Waals surface area contributed by atoms with Crippen LogP contribution >= 0.6 is 0 Å². The number of urea groups is 1. The van der Waals surface area contributed by atoms with Gasteiger partial charge in [-0.3, -0.25) is 20.1 Å². The number of nitrogens with zero attached hydrogens (tertiary/aromatic N) is 3. The minimum atomic E-state index is -0.511. The average molecular weight is 478 g/mol. The second kappa shape index (κ2) is 9.41. The molecule has 6 nitrogen and oxygen atoms in total. The van der Waals surface area contributed by atoms with Crippen molar-refractivity contribution >= 4 is 17.9 Å². The predicted octanol–water partition coefficient (Wildman–Crippen LogP) is 5.60. The molecule has 3 fully saturated rings. The van der Waals surface area contributed by atoms with Gasteiger partial charge in [-0.1, -0.05) is 31.4 Å². The number of piperidine rings is 1. The number of nitrogens with one attached hydrogen (secondary N) is 2. The quantitative estimate of drug-likeness (QED) is 0.593. The molecule has 186 valence electrons. The Morgan fingerprint density at radius 2 is 1.94 bits per heavy atom. The lowest BCUT2D eigenvalue weighted by Crippen LogP contribution is -2.56. The summed E-state index contributed by atoms with van der Waals surface area (Å²) in [5.74, 6) is 0.667. The van der Waals surface area contributed by atoms with Crippen molar-refractivity contribution in [3.63, 3.8) is 0 Å². The van der Waals surface area contributed by atoms with Crippen LogP contribution in [-0.4, -0.2) is 51.3 Å². The molecule has 2 aliphatic heterocycles. The molecule has 1 aromatic heterocycles. The van der Waals surface area contributed by atoms with Crippen molar-refractivity contribution in [3.8, 4) is 0 Å². The summed E-state index contributed by atoms with van der Waals surface area (Å²) in [4.78, 5) is 26.4. The second-order valence-electron chi connectivity index (χ2n) is 10.8. The molecule has 1 spiro atoms. The largest absolute Gasteiger partial charge is 0.358 e. The first-order valence-electron chi connectivity index (χ1n) is 13.5. The summed E-state index contributed by atoms with van der Waals surface area (Å²) < 4.78 is 14.3. The maximum atomic E-state index is 14.3. The highest BCUT2D eigenvalue weighted by Gasteiger charge is 2.53. The number of aromatic nitrogens is 1. The standard InChI is InChI=1S/C28H36FN5O/c29-21-8-6-11-24(18-21)34-27(35)32-26(31-22-9-2-1-3-10-22)28(34)13-15-33(16-14-28)19-23-17-20-7-4-5-12-25(20)30-23/h5,11-12,17-18,22,30H,1-4,6-10,13-16,19H2,(H,31,32,35). The van der Waals surface area contributed by atoms with Crippen molar-refractivity contribution in [1.82, 2.24) is 20.1 Å². The summed E-state index contributed by atoms with van der Waals surface area (Å²) >= 11 is 0. The van der Waals surface area contributed by atoms with Crippen molar-refractivity contribution in [2.24, 2.45) is 4.99 Å². The summed E-state index contributed by atoms with van der Waals surface area (Å²) in [7, 11) is 0. The fourth-order valence-corrected chi connectivity index (χ4v) is 6.53. The number of amides is 2. The van der Waals surface area contributed by atoms with Crippen LogP contribution in [-0.2, 0) is 13.0 Å². The van der Waals surface area contributed by atoms with Gasteiger partial charge in [0.1, 0.15) is 17.2 Å². The molecule has 0 unspecified atom stereocenters. The Kier molecular flexibility index (Phi) is 6.13. The van der Waals surface area contributed by atoms with Crippen molar-refractivity contribution in [1.29, 1.82) is 0 Å². The van der Waals surface area contributed by atoms with Gasteiger partial charge in [-0.25, -0.2) is 9.18 Å². The van der Waals surface area contributed by atoms with Gasteiger partial charge in [0.2, 0.25) is 0 Å². The van der Waals surface area contributed by atoms with Crippen LogP contribution in [0.15, 0.2) is 40.8 Å². The first-order chi connectivity index (χ1) is 17.1. The Morgan fingerprint density at radius 3 is 2.71 bits per heavy atom. The predicted molar refractivity (Wildman–Crippen MR) is 137 cm³/mol. The van der Waals surface area contributed by atoms with Crippen molar-refractivity contribution in [2.75, 3.05) is 13.1 Å². The summed E-state index contributed by atoms with van der Waals surface area (Å²) in [6.45, 7) is 2.62. The number of amidine groups is 1. The first-order valence-corrected chi connectivity index (χ1v) is 13.5. The third-order valence-corrected chi connectivity index (χ3v) is 8.41. The van der Waals surface area contributed by atoms with Gasteiger partial charge in [0.15, 0.2) is 0 Å². The average Bonchev–Trinajstić information content (AvgIpc) is 3.39. The Labute approximate surface area is 207 Å². The molecule has 2 amide bonds. The van der Waals surface area contributed by atoms with Gasteiger partial charge in [0.05, 0.1) is 6.04 Å². The van der Waals surface area contributed by atoms with Crippen LogP contribution in [0.4, 0.5) is 9.18 Å². The van der Waals surface area contributed by atoms with Crippen molar-refractivity contribution in [2.45, 2.75) is 88.8 Å². The van der Waals surface area contributed by atoms with E-state index in [9.17, 15) is 9.18 Å². The van der Waals surface area contributed by atoms with Crippen LogP contribution in [0.1, 0.15) is 81.2 Å².